The van der Waals surface area contributed by atoms with Gasteiger partial charge in [0.25, 0.3) is 0 Å². The van der Waals surface area contributed by atoms with Gasteiger partial charge in [0, 0.05) is 10.8 Å². The van der Waals surface area contributed by atoms with E-state index in [4.69, 9.17) is 4.98 Å². The molecule has 0 saturated carbocycles. The van der Waals surface area contributed by atoms with Crippen LogP contribution >= 0.6 is 11.3 Å². The van der Waals surface area contributed by atoms with E-state index in [1.165, 1.54) is 36.4 Å². The van der Waals surface area contributed by atoms with Gasteiger partial charge in [-0.2, -0.15) is 0 Å². The van der Waals surface area contributed by atoms with E-state index in [9.17, 15) is 0 Å². The molecular formula is C16H30N2S. The normalized spacial score (nSPS) is 12.9. The topological polar surface area (TPSA) is 24.9 Å². The predicted molar refractivity (Wildman–Crippen MR) is 86.0 cm³/mol. The van der Waals surface area contributed by atoms with Gasteiger partial charge in [0.15, 0.2) is 0 Å². The second-order valence-corrected chi connectivity index (χ2v) is 7.26. The van der Waals surface area contributed by atoms with Gasteiger partial charge in [-0.3, -0.25) is 0 Å². The smallest absolute Gasteiger partial charge is 0.113 e. The number of nitrogens with one attached hydrogen (secondary N) is 1. The summed E-state index contributed by atoms with van der Waals surface area (Å²) < 4.78 is 0. The standard InChI is InChI=1S/C16H30N2S/c1-7-10-16(11-8-2,17-9-3)14-18-13(12-19-14)15(4,5)6/h12,17H,7-11H2,1-6H3. The van der Waals surface area contributed by atoms with Gasteiger partial charge in [-0.15, -0.1) is 11.3 Å². The molecule has 1 rings (SSSR count). The van der Waals surface area contributed by atoms with Crippen molar-refractivity contribution in [1.29, 1.82) is 0 Å². The third-order valence-electron chi connectivity index (χ3n) is 3.55. The lowest BCUT2D eigenvalue weighted by molar-refractivity contribution is 0.284. The van der Waals surface area contributed by atoms with Crippen LogP contribution in [-0.2, 0) is 11.0 Å². The van der Waals surface area contributed by atoms with Crippen molar-refractivity contribution in [3.8, 4) is 0 Å². The molecule has 0 fully saturated rings. The fourth-order valence-electron chi connectivity index (χ4n) is 2.62. The maximum atomic E-state index is 4.97. The van der Waals surface area contributed by atoms with Gasteiger partial charge in [-0.25, -0.2) is 4.98 Å². The van der Waals surface area contributed by atoms with Gasteiger partial charge in [-0.05, 0) is 19.4 Å². The molecule has 0 aliphatic carbocycles. The van der Waals surface area contributed by atoms with Crippen molar-refractivity contribution in [3.05, 3.63) is 16.1 Å². The molecule has 0 unspecified atom stereocenters. The lowest BCUT2D eigenvalue weighted by Gasteiger charge is -2.32. The van der Waals surface area contributed by atoms with Crippen molar-refractivity contribution >= 4 is 11.3 Å². The van der Waals surface area contributed by atoms with Crippen LogP contribution in [0.15, 0.2) is 5.38 Å². The van der Waals surface area contributed by atoms with Crippen LogP contribution in [0.1, 0.15) is 77.9 Å². The van der Waals surface area contributed by atoms with Crippen LogP contribution in [0.2, 0.25) is 0 Å². The Balaban J connectivity index is 3.12. The number of hydrogen-bond acceptors (Lipinski definition) is 3. The second-order valence-electron chi connectivity index (χ2n) is 6.40. The Morgan fingerprint density at radius 1 is 1.11 bits per heavy atom. The van der Waals surface area contributed by atoms with E-state index in [1.54, 1.807) is 0 Å². The van der Waals surface area contributed by atoms with E-state index in [-0.39, 0.29) is 11.0 Å². The van der Waals surface area contributed by atoms with E-state index in [2.05, 4.69) is 52.2 Å². The second kappa shape index (κ2) is 6.85. The summed E-state index contributed by atoms with van der Waals surface area (Å²) >= 11 is 1.83. The zero-order chi connectivity index (χ0) is 14.5. The molecule has 0 spiro atoms. The molecule has 1 N–H and O–H groups in total. The fraction of sp³-hybridized carbons (Fsp3) is 0.812. The maximum Gasteiger partial charge on any atom is 0.113 e. The van der Waals surface area contributed by atoms with Crippen molar-refractivity contribution in [2.24, 2.45) is 0 Å². The van der Waals surface area contributed by atoms with Crippen LogP contribution in [0, 0.1) is 0 Å². The van der Waals surface area contributed by atoms with E-state index < -0.39 is 0 Å². The number of thiazole rings is 1. The highest BCUT2D eigenvalue weighted by atomic mass is 32.1. The minimum Gasteiger partial charge on any atom is -0.306 e. The highest BCUT2D eigenvalue weighted by Crippen LogP contribution is 2.36. The summed E-state index contributed by atoms with van der Waals surface area (Å²) in [6.07, 6.45) is 4.73. The van der Waals surface area contributed by atoms with Crippen LogP contribution in [0.5, 0.6) is 0 Å². The Morgan fingerprint density at radius 2 is 1.68 bits per heavy atom. The van der Waals surface area contributed by atoms with Crippen LogP contribution in [-0.4, -0.2) is 11.5 Å². The molecular weight excluding hydrogens is 252 g/mol. The number of aromatic nitrogens is 1. The quantitative estimate of drug-likeness (QED) is 0.773. The van der Waals surface area contributed by atoms with E-state index in [0.717, 1.165) is 6.54 Å². The molecule has 0 saturated heterocycles. The largest absolute Gasteiger partial charge is 0.306 e. The average molecular weight is 282 g/mol. The molecule has 0 bridgehead atoms. The first-order valence-electron chi connectivity index (χ1n) is 7.61. The molecule has 0 radical (unpaired) electrons. The van der Waals surface area contributed by atoms with Gasteiger partial charge in [-0.1, -0.05) is 54.4 Å². The Morgan fingerprint density at radius 3 is 2.05 bits per heavy atom. The molecule has 3 heteroatoms. The van der Waals surface area contributed by atoms with Crippen molar-refractivity contribution in [2.75, 3.05) is 6.54 Å². The van der Waals surface area contributed by atoms with Gasteiger partial charge in [0.1, 0.15) is 5.01 Å². The van der Waals surface area contributed by atoms with Crippen LogP contribution in [0.25, 0.3) is 0 Å². The monoisotopic (exact) mass is 282 g/mol. The summed E-state index contributed by atoms with van der Waals surface area (Å²) in [6, 6.07) is 0. The molecule has 1 aromatic heterocycles. The summed E-state index contributed by atoms with van der Waals surface area (Å²) in [5.74, 6) is 0. The van der Waals surface area contributed by atoms with E-state index in [0.29, 0.717) is 0 Å². The number of hydrogen-bond donors (Lipinski definition) is 1. The molecule has 0 aliphatic rings. The van der Waals surface area contributed by atoms with E-state index in [1.807, 2.05) is 11.3 Å². The fourth-order valence-corrected chi connectivity index (χ4v) is 3.90. The Bertz CT molecular complexity index is 359. The van der Waals surface area contributed by atoms with Crippen molar-refractivity contribution in [3.63, 3.8) is 0 Å². The number of rotatable bonds is 7. The summed E-state index contributed by atoms with van der Waals surface area (Å²) in [7, 11) is 0. The lowest BCUT2D eigenvalue weighted by Crippen LogP contribution is -2.42. The minimum atomic E-state index is 0.0897. The van der Waals surface area contributed by atoms with Gasteiger partial charge in [0.2, 0.25) is 0 Å². The molecule has 19 heavy (non-hydrogen) atoms. The van der Waals surface area contributed by atoms with Crippen LogP contribution in [0.4, 0.5) is 0 Å². The molecule has 2 nitrogen and oxygen atoms in total. The maximum absolute atomic E-state index is 4.97. The Labute approximate surface area is 123 Å². The summed E-state index contributed by atoms with van der Waals surface area (Å²) in [5, 5.41) is 7.25. The highest BCUT2D eigenvalue weighted by molar-refractivity contribution is 7.09. The molecule has 0 amide bonds. The van der Waals surface area contributed by atoms with Crippen LogP contribution in [0.3, 0.4) is 0 Å². The first-order valence-corrected chi connectivity index (χ1v) is 8.49. The van der Waals surface area contributed by atoms with Crippen molar-refractivity contribution in [1.82, 2.24) is 10.3 Å². The average Bonchev–Trinajstić information content (AvgIpc) is 2.79. The first kappa shape index (κ1) is 16.6. The Hall–Kier alpha value is -0.410. The predicted octanol–water partition coefficient (Wildman–Crippen LogP) is 4.85. The SMILES string of the molecule is CCCC(CCC)(NCC)c1nc(C(C)(C)C)cs1. The van der Waals surface area contributed by atoms with Crippen LogP contribution < -0.4 is 5.32 Å². The van der Waals surface area contributed by atoms with E-state index >= 15 is 0 Å². The summed E-state index contributed by atoms with van der Waals surface area (Å²) in [6.45, 7) is 14.4. The highest BCUT2D eigenvalue weighted by Gasteiger charge is 2.33. The van der Waals surface area contributed by atoms with Crippen molar-refractivity contribution < 1.29 is 0 Å². The summed E-state index contributed by atoms with van der Waals surface area (Å²) in [4.78, 5) is 4.97. The Kier molecular flexibility index (Phi) is 6.00. The lowest BCUT2D eigenvalue weighted by atomic mass is 9.88. The third kappa shape index (κ3) is 4.03. The zero-order valence-electron chi connectivity index (χ0n) is 13.5. The van der Waals surface area contributed by atoms with Gasteiger partial charge >= 0.3 is 0 Å². The summed E-state index contributed by atoms with van der Waals surface area (Å²) in [5.41, 5.74) is 1.46. The molecule has 1 aromatic rings. The van der Waals surface area contributed by atoms with Gasteiger partial charge < -0.3 is 5.32 Å². The molecule has 0 aromatic carbocycles. The third-order valence-corrected chi connectivity index (χ3v) is 4.60. The molecule has 110 valence electrons. The van der Waals surface area contributed by atoms with Gasteiger partial charge in [0.05, 0.1) is 11.2 Å². The molecule has 0 atom stereocenters. The zero-order valence-corrected chi connectivity index (χ0v) is 14.3. The minimum absolute atomic E-state index is 0.0897. The van der Waals surface area contributed by atoms with Crippen molar-refractivity contribution in [2.45, 2.75) is 78.2 Å². The molecule has 1 heterocycles. The molecule has 0 aliphatic heterocycles. The number of nitrogens with zero attached hydrogens (tertiary/aromatic N) is 1. The first-order chi connectivity index (χ1) is 8.89.